The lowest BCUT2D eigenvalue weighted by Crippen LogP contribution is -2.13. The van der Waals surface area contributed by atoms with E-state index in [4.69, 9.17) is 0 Å². The molecule has 0 bridgehead atoms. The number of carbonyl (C=O) groups excluding carboxylic acids is 1. The Morgan fingerprint density at radius 2 is 1.97 bits per heavy atom. The molecule has 2 aromatic heterocycles. The fourth-order valence-corrected chi connectivity index (χ4v) is 4.04. The van der Waals surface area contributed by atoms with E-state index in [1.807, 2.05) is 54.9 Å². The minimum absolute atomic E-state index is 0.0315. The van der Waals surface area contributed by atoms with E-state index in [-0.39, 0.29) is 17.3 Å². The molecule has 8 heteroatoms. The highest BCUT2D eigenvalue weighted by atomic mass is 32.1. The molecule has 0 aliphatic rings. The predicted molar refractivity (Wildman–Crippen MR) is 124 cm³/mol. The Morgan fingerprint density at radius 1 is 1.22 bits per heavy atom. The van der Waals surface area contributed by atoms with Gasteiger partial charge in [-0.15, -0.1) is 10.2 Å². The number of hydrogen-bond acceptors (Lipinski definition) is 5. The van der Waals surface area contributed by atoms with E-state index in [0.717, 1.165) is 27.0 Å². The van der Waals surface area contributed by atoms with Crippen LogP contribution in [0.1, 0.15) is 35.9 Å². The lowest BCUT2D eigenvalue weighted by Gasteiger charge is -2.05. The Bertz CT molecular complexity index is 1340. The van der Waals surface area contributed by atoms with Crippen molar-refractivity contribution in [2.45, 2.75) is 26.3 Å². The number of nitrogens with one attached hydrogen (secondary N) is 1. The molecule has 0 radical (unpaired) electrons. The third kappa shape index (κ3) is 4.58. The molecule has 6 nitrogen and oxygen atoms in total. The van der Waals surface area contributed by atoms with Crippen molar-refractivity contribution in [3.05, 3.63) is 82.3 Å². The molecule has 2 aromatic carbocycles. The smallest absolute Gasteiger partial charge is 0.268 e. The molecular weight excluding hydrogens is 425 g/mol. The van der Waals surface area contributed by atoms with Gasteiger partial charge in [0.25, 0.3) is 5.91 Å². The van der Waals surface area contributed by atoms with Crippen LogP contribution in [0.2, 0.25) is 0 Å². The molecule has 160 valence electrons. The standard InChI is InChI=1S/C24H20FN5OS/c1-15(2)23-28-29-24(32-23)27-22(31)17(12-26)11-18-14-30(21-6-4-3-5-20(18)21)13-16-7-9-19(25)10-8-16/h3-11,14-15H,13H2,1-2H3,(H,27,29,31)/b17-11-. The molecule has 0 unspecified atom stereocenters. The Labute approximate surface area is 188 Å². The van der Waals surface area contributed by atoms with E-state index in [1.54, 1.807) is 18.2 Å². The van der Waals surface area contributed by atoms with Gasteiger partial charge in [-0.05, 0) is 29.8 Å². The summed E-state index contributed by atoms with van der Waals surface area (Å²) in [5.74, 6) is -0.610. The van der Waals surface area contributed by atoms with Crippen LogP contribution in [0, 0.1) is 17.1 Å². The molecule has 4 rings (SSSR count). The SMILES string of the molecule is CC(C)c1nnc(NC(=O)/C(C#N)=C\c2cn(Cc3ccc(F)cc3)c3ccccc23)s1. The van der Waals surface area contributed by atoms with Crippen molar-refractivity contribution in [3.63, 3.8) is 0 Å². The number of hydrogen-bond donors (Lipinski definition) is 1. The zero-order valence-electron chi connectivity index (χ0n) is 17.5. The first kappa shape index (κ1) is 21.4. The molecule has 0 atom stereocenters. The number of fused-ring (bicyclic) bond motifs is 1. The third-order valence-corrected chi connectivity index (χ3v) is 6.04. The quantitative estimate of drug-likeness (QED) is 0.320. The topological polar surface area (TPSA) is 83.6 Å². The summed E-state index contributed by atoms with van der Waals surface area (Å²) in [6.07, 6.45) is 3.46. The van der Waals surface area contributed by atoms with Gasteiger partial charge in [-0.25, -0.2) is 4.39 Å². The van der Waals surface area contributed by atoms with Crippen LogP contribution in [0.15, 0.2) is 60.3 Å². The zero-order valence-corrected chi connectivity index (χ0v) is 18.4. The van der Waals surface area contributed by atoms with E-state index >= 15 is 0 Å². The molecule has 0 aliphatic heterocycles. The Kier molecular flexibility index (Phi) is 6.10. The zero-order chi connectivity index (χ0) is 22.7. The molecule has 32 heavy (non-hydrogen) atoms. The van der Waals surface area contributed by atoms with Crippen LogP contribution in [0.4, 0.5) is 9.52 Å². The highest BCUT2D eigenvalue weighted by Crippen LogP contribution is 2.26. The van der Waals surface area contributed by atoms with Crippen molar-refractivity contribution in [1.29, 1.82) is 5.26 Å². The van der Waals surface area contributed by atoms with Gasteiger partial charge in [-0.2, -0.15) is 5.26 Å². The summed E-state index contributed by atoms with van der Waals surface area (Å²) in [5.41, 5.74) is 2.61. The molecule has 0 spiro atoms. The first-order chi connectivity index (χ1) is 15.4. The predicted octanol–water partition coefficient (Wildman–Crippen LogP) is 5.35. The molecular formula is C24H20FN5OS. The maximum absolute atomic E-state index is 13.2. The number of halogens is 1. The maximum atomic E-state index is 13.2. The number of carbonyl (C=O) groups is 1. The van der Waals surface area contributed by atoms with Crippen molar-refractivity contribution >= 4 is 39.4 Å². The molecule has 1 amide bonds. The van der Waals surface area contributed by atoms with E-state index in [1.165, 1.54) is 23.5 Å². The van der Waals surface area contributed by atoms with Gasteiger partial charge in [0, 0.05) is 35.1 Å². The number of para-hydroxylation sites is 1. The largest absolute Gasteiger partial charge is 0.342 e. The highest BCUT2D eigenvalue weighted by molar-refractivity contribution is 7.15. The average Bonchev–Trinajstić information content (AvgIpc) is 3.39. The lowest BCUT2D eigenvalue weighted by atomic mass is 10.1. The van der Waals surface area contributed by atoms with Crippen LogP contribution in [-0.2, 0) is 11.3 Å². The number of aromatic nitrogens is 3. The van der Waals surface area contributed by atoms with Crippen LogP contribution in [0.5, 0.6) is 0 Å². The van der Waals surface area contributed by atoms with Crippen molar-refractivity contribution in [3.8, 4) is 6.07 Å². The maximum Gasteiger partial charge on any atom is 0.268 e. The van der Waals surface area contributed by atoms with Crippen LogP contribution in [0.25, 0.3) is 17.0 Å². The minimum atomic E-state index is -0.533. The summed E-state index contributed by atoms with van der Waals surface area (Å²) >= 11 is 1.29. The van der Waals surface area contributed by atoms with E-state index in [9.17, 15) is 14.4 Å². The van der Waals surface area contributed by atoms with Gasteiger partial charge in [-0.1, -0.05) is 55.5 Å². The minimum Gasteiger partial charge on any atom is -0.342 e. The Hall–Kier alpha value is -3.83. The first-order valence-corrected chi connectivity index (χ1v) is 10.8. The van der Waals surface area contributed by atoms with Crippen molar-refractivity contribution < 1.29 is 9.18 Å². The van der Waals surface area contributed by atoms with Gasteiger partial charge in [0.05, 0.1) is 0 Å². The fourth-order valence-electron chi connectivity index (χ4n) is 3.29. The van der Waals surface area contributed by atoms with Crippen LogP contribution < -0.4 is 5.32 Å². The summed E-state index contributed by atoms with van der Waals surface area (Å²) in [6, 6.07) is 16.1. The Balaban J connectivity index is 1.64. The van der Waals surface area contributed by atoms with Gasteiger partial charge in [-0.3, -0.25) is 10.1 Å². The summed E-state index contributed by atoms with van der Waals surface area (Å²) in [5, 5.41) is 22.4. The average molecular weight is 446 g/mol. The second-order valence-electron chi connectivity index (χ2n) is 7.58. The number of amides is 1. The number of nitrogens with zero attached hydrogens (tertiary/aromatic N) is 4. The van der Waals surface area contributed by atoms with Gasteiger partial charge in [0.2, 0.25) is 5.13 Å². The van der Waals surface area contributed by atoms with Crippen LogP contribution in [0.3, 0.4) is 0 Å². The second-order valence-corrected chi connectivity index (χ2v) is 8.59. The molecule has 0 aliphatic carbocycles. The summed E-state index contributed by atoms with van der Waals surface area (Å²) in [4.78, 5) is 12.7. The molecule has 0 saturated heterocycles. The molecule has 1 N–H and O–H groups in total. The molecule has 0 saturated carbocycles. The number of rotatable bonds is 6. The summed E-state index contributed by atoms with van der Waals surface area (Å²) < 4.78 is 15.3. The molecule has 0 fully saturated rings. The van der Waals surface area contributed by atoms with Gasteiger partial charge < -0.3 is 4.57 Å². The Morgan fingerprint density at radius 3 is 2.66 bits per heavy atom. The normalized spacial score (nSPS) is 11.7. The van der Waals surface area contributed by atoms with Gasteiger partial charge in [0.15, 0.2) is 0 Å². The summed E-state index contributed by atoms with van der Waals surface area (Å²) in [7, 11) is 0. The second kappa shape index (κ2) is 9.12. The monoisotopic (exact) mass is 445 g/mol. The summed E-state index contributed by atoms with van der Waals surface area (Å²) in [6.45, 7) is 4.52. The lowest BCUT2D eigenvalue weighted by molar-refractivity contribution is -0.112. The van der Waals surface area contributed by atoms with E-state index < -0.39 is 5.91 Å². The third-order valence-electron chi connectivity index (χ3n) is 4.91. The molecule has 4 aromatic rings. The number of anilines is 1. The molecule has 2 heterocycles. The van der Waals surface area contributed by atoms with E-state index in [2.05, 4.69) is 15.5 Å². The van der Waals surface area contributed by atoms with Crippen molar-refractivity contribution in [2.75, 3.05) is 5.32 Å². The van der Waals surface area contributed by atoms with Crippen molar-refractivity contribution in [2.24, 2.45) is 0 Å². The number of benzene rings is 2. The highest BCUT2D eigenvalue weighted by Gasteiger charge is 2.16. The van der Waals surface area contributed by atoms with Crippen molar-refractivity contribution in [1.82, 2.24) is 14.8 Å². The van der Waals surface area contributed by atoms with Crippen LogP contribution >= 0.6 is 11.3 Å². The van der Waals surface area contributed by atoms with Gasteiger partial charge in [0.1, 0.15) is 22.5 Å². The van der Waals surface area contributed by atoms with Crippen LogP contribution in [-0.4, -0.2) is 20.7 Å². The van der Waals surface area contributed by atoms with Gasteiger partial charge >= 0.3 is 0 Å². The van der Waals surface area contributed by atoms with E-state index in [0.29, 0.717) is 11.7 Å². The first-order valence-electron chi connectivity index (χ1n) is 10.0. The fraction of sp³-hybridized carbons (Fsp3) is 0.167. The number of nitriles is 1.